The normalized spacial score (nSPS) is 21.7. The molecule has 0 saturated heterocycles. The Bertz CT molecular complexity index is 615. The third kappa shape index (κ3) is 2.22. The van der Waals surface area contributed by atoms with E-state index in [1.54, 1.807) is 16.9 Å². The average Bonchev–Trinajstić information content (AvgIpc) is 3.07. The maximum atomic E-state index is 12.5. The Labute approximate surface area is 111 Å². The van der Waals surface area contributed by atoms with Crippen LogP contribution in [0.4, 0.5) is 0 Å². The van der Waals surface area contributed by atoms with E-state index in [-0.39, 0.29) is 17.7 Å². The standard InChI is InChI=1S/C15H15N3O/c16-12-7-6-11(10-12)15(19)14-8-9-17-18(14)13-4-2-1-3-5-13/h1-9,11-12H,10,16H2. The molecule has 1 aromatic heterocycles. The minimum absolute atomic E-state index is 0.0120. The highest BCUT2D eigenvalue weighted by Gasteiger charge is 2.26. The summed E-state index contributed by atoms with van der Waals surface area (Å²) in [5.41, 5.74) is 7.30. The molecule has 2 unspecified atom stereocenters. The molecule has 0 saturated carbocycles. The number of rotatable bonds is 3. The molecule has 2 atom stereocenters. The van der Waals surface area contributed by atoms with Gasteiger partial charge in [-0.05, 0) is 24.6 Å². The molecule has 4 heteroatoms. The molecule has 0 amide bonds. The van der Waals surface area contributed by atoms with Crippen LogP contribution in [0.1, 0.15) is 16.9 Å². The average molecular weight is 253 g/mol. The van der Waals surface area contributed by atoms with Crippen molar-refractivity contribution in [3.05, 3.63) is 60.4 Å². The highest BCUT2D eigenvalue weighted by molar-refractivity contribution is 5.98. The molecule has 0 bridgehead atoms. The van der Waals surface area contributed by atoms with Gasteiger partial charge in [0.05, 0.1) is 11.9 Å². The minimum atomic E-state index is -0.130. The fourth-order valence-corrected chi connectivity index (χ4v) is 2.38. The summed E-state index contributed by atoms with van der Waals surface area (Å²) in [6, 6.07) is 11.4. The zero-order chi connectivity index (χ0) is 13.2. The molecule has 0 spiro atoms. The maximum absolute atomic E-state index is 12.5. The third-order valence-corrected chi connectivity index (χ3v) is 3.35. The third-order valence-electron chi connectivity index (χ3n) is 3.35. The molecular formula is C15H15N3O. The lowest BCUT2D eigenvalue weighted by Gasteiger charge is -2.10. The summed E-state index contributed by atoms with van der Waals surface area (Å²) in [5.74, 6) is -0.0558. The number of para-hydroxylation sites is 1. The molecular weight excluding hydrogens is 238 g/mol. The number of Topliss-reactive ketones (excluding diaryl/α,β-unsaturated/α-hetero) is 1. The van der Waals surface area contributed by atoms with E-state index in [4.69, 9.17) is 5.73 Å². The molecule has 1 heterocycles. The van der Waals surface area contributed by atoms with Crippen LogP contribution < -0.4 is 5.73 Å². The van der Waals surface area contributed by atoms with Gasteiger partial charge in [0, 0.05) is 12.0 Å². The Morgan fingerprint density at radius 3 is 2.68 bits per heavy atom. The van der Waals surface area contributed by atoms with Crippen molar-refractivity contribution < 1.29 is 4.79 Å². The number of benzene rings is 1. The molecule has 1 aliphatic carbocycles. The molecule has 1 aliphatic rings. The van der Waals surface area contributed by atoms with Crippen LogP contribution in [0.15, 0.2) is 54.7 Å². The van der Waals surface area contributed by atoms with Gasteiger partial charge >= 0.3 is 0 Å². The van der Waals surface area contributed by atoms with Crippen LogP contribution in [0.25, 0.3) is 5.69 Å². The number of hydrogen-bond acceptors (Lipinski definition) is 3. The number of aromatic nitrogens is 2. The Balaban J connectivity index is 1.93. The second-order valence-corrected chi connectivity index (χ2v) is 4.72. The lowest BCUT2D eigenvalue weighted by molar-refractivity contribution is 0.0935. The van der Waals surface area contributed by atoms with Crippen molar-refractivity contribution in [1.29, 1.82) is 0 Å². The van der Waals surface area contributed by atoms with E-state index in [1.807, 2.05) is 42.5 Å². The van der Waals surface area contributed by atoms with E-state index in [1.165, 1.54) is 0 Å². The summed E-state index contributed by atoms with van der Waals surface area (Å²) in [5, 5.41) is 4.24. The van der Waals surface area contributed by atoms with E-state index in [0.717, 1.165) is 5.69 Å². The monoisotopic (exact) mass is 253 g/mol. The van der Waals surface area contributed by atoms with Crippen LogP contribution in [0.3, 0.4) is 0 Å². The largest absolute Gasteiger partial charge is 0.324 e. The Morgan fingerprint density at radius 1 is 1.21 bits per heavy atom. The lowest BCUT2D eigenvalue weighted by atomic mass is 10.00. The van der Waals surface area contributed by atoms with E-state index < -0.39 is 0 Å². The van der Waals surface area contributed by atoms with Crippen LogP contribution in [0, 0.1) is 5.92 Å². The van der Waals surface area contributed by atoms with Gasteiger partial charge in [0.2, 0.25) is 0 Å². The first-order valence-corrected chi connectivity index (χ1v) is 6.33. The zero-order valence-electron chi connectivity index (χ0n) is 10.4. The van der Waals surface area contributed by atoms with Gasteiger partial charge < -0.3 is 5.73 Å². The SMILES string of the molecule is NC1C=CC(C(=O)c2ccnn2-c2ccccc2)C1. The molecule has 1 aromatic carbocycles. The first kappa shape index (κ1) is 11.9. The zero-order valence-corrected chi connectivity index (χ0v) is 10.4. The van der Waals surface area contributed by atoms with Crippen LogP contribution in [-0.2, 0) is 0 Å². The van der Waals surface area contributed by atoms with Crippen molar-refractivity contribution in [3.63, 3.8) is 0 Å². The van der Waals surface area contributed by atoms with Gasteiger partial charge in [-0.15, -0.1) is 0 Å². The lowest BCUT2D eigenvalue weighted by Crippen LogP contribution is -2.21. The first-order valence-electron chi connectivity index (χ1n) is 6.33. The number of ketones is 1. The van der Waals surface area contributed by atoms with Gasteiger partial charge in [-0.3, -0.25) is 4.79 Å². The summed E-state index contributed by atoms with van der Waals surface area (Å²) in [4.78, 5) is 12.5. The number of allylic oxidation sites excluding steroid dienone is 1. The van der Waals surface area contributed by atoms with Gasteiger partial charge in [0.25, 0.3) is 0 Å². The van der Waals surface area contributed by atoms with Crippen LogP contribution >= 0.6 is 0 Å². The van der Waals surface area contributed by atoms with Gasteiger partial charge in [-0.2, -0.15) is 5.10 Å². The van der Waals surface area contributed by atoms with E-state index >= 15 is 0 Å². The van der Waals surface area contributed by atoms with Crippen molar-refractivity contribution >= 4 is 5.78 Å². The molecule has 2 N–H and O–H groups in total. The second kappa shape index (κ2) is 4.82. The molecule has 0 fully saturated rings. The predicted octanol–water partition coefficient (Wildman–Crippen LogP) is 1.96. The summed E-state index contributed by atoms with van der Waals surface area (Å²) in [6.45, 7) is 0. The molecule has 2 aromatic rings. The van der Waals surface area contributed by atoms with Crippen LogP contribution in [0.5, 0.6) is 0 Å². The molecule has 3 rings (SSSR count). The van der Waals surface area contributed by atoms with E-state index in [2.05, 4.69) is 5.10 Å². The van der Waals surface area contributed by atoms with E-state index in [9.17, 15) is 4.79 Å². The van der Waals surface area contributed by atoms with Crippen molar-refractivity contribution in [1.82, 2.24) is 9.78 Å². The smallest absolute Gasteiger partial charge is 0.188 e. The number of nitrogens with two attached hydrogens (primary N) is 1. The van der Waals surface area contributed by atoms with Crippen molar-refractivity contribution in [3.8, 4) is 5.69 Å². The molecule has 0 aliphatic heterocycles. The van der Waals surface area contributed by atoms with Crippen molar-refractivity contribution in [2.24, 2.45) is 11.7 Å². The molecule has 19 heavy (non-hydrogen) atoms. The molecule has 0 radical (unpaired) electrons. The fourth-order valence-electron chi connectivity index (χ4n) is 2.38. The van der Waals surface area contributed by atoms with Crippen molar-refractivity contribution in [2.75, 3.05) is 0 Å². The van der Waals surface area contributed by atoms with E-state index in [0.29, 0.717) is 12.1 Å². The first-order chi connectivity index (χ1) is 9.25. The Hall–Kier alpha value is -2.20. The van der Waals surface area contributed by atoms with Gasteiger partial charge in [0.1, 0.15) is 5.69 Å². The van der Waals surface area contributed by atoms with Gasteiger partial charge in [-0.25, -0.2) is 4.68 Å². The number of nitrogens with zero attached hydrogens (tertiary/aromatic N) is 2. The summed E-state index contributed by atoms with van der Waals surface area (Å²) < 4.78 is 1.68. The Kier molecular flexibility index (Phi) is 3.01. The second-order valence-electron chi connectivity index (χ2n) is 4.72. The molecule has 96 valence electrons. The van der Waals surface area contributed by atoms with Crippen LogP contribution in [-0.4, -0.2) is 21.6 Å². The van der Waals surface area contributed by atoms with Crippen molar-refractivity contribution in [2.45, 2.75) is 12.5 Å². The van der Waals surface area contributed by atoms with Gasteiger partial charge in [-0.1, -0.05) is 30.4 Å². The Morgan fingerprint density at radius 2 is 2.00 bits per heavy atom. The number of hydrogen-bond donors (Lipinski definition) is 1. The highest BCUT2D eigenvalue weighted by Crippen LogP contribution is 2.22. The number of carbonyl (C=O) groups is 1. The number of carbonyl (C=O) groups excluding carboxylic acids is 1. The topological polar surface area (TPSA) is 60.9 Å². The summed E-state index contributed by atoms with van der Waals surface area (Å²) in [6.07, 6.45) is 6.12. The summed E-state index contributed by atoms with van der Waals surface area (Å²) >= 11 is 0. The minimum Gasteiger partial charge on any atom is -0.324 e. The summed E-state index contributed by atoms with van der Waals surface area (Å²) in [7, 11) is 0. The quantitative estimate of drug-likeness (QED) is 0.672. The maximum Gasteiger partial charge on any atom is 0.188 e. The molecule has 4 nitrogen and oxygen atoms in total. The van der Waals surface area contributed by atoms with Gasteiger partial charge in [0.15, 0.2) is 5.78 Å². The van der Waals surface area contributed by atoms with Crippen LogP contribution in [0.2, 0.25) is 0 Å². The predicted molar refractivity (Wildman–Crippen MR) is 73.1 cm³/mol. The highest BCUT2D eigenvalue weighted by atomic mass is 16.1. The fraction of sp³-hybridized carbons (Fsp3) is 0.200.